The van der Waals surface area contributed by atoms with Gasteiger partial charge >= 0.3 is 0 Å². The molecule has 2 fully saturated rings. The Morgan fingerprint density at radius 2 is 1.75 bits per heavy atom. The number of rotatable bonds is 1. The molecule has 2 aliphatic rings. The Labute approximate surface area is 72.7 Å². The number of ether oxygens (including phenoxy) is 2. The van der Waals surface area contributed by atoms with Crippen molar-refractivity contribution in [2.24, 2.45) is 5.92 Å². The minimum absolute atomic E-state index is 0.0506. The van der Waals surface area contributed by atoms with E-state index >= 15 is 0 Å². The third-order valence-corrected chi connectivity index (χ3v) is 2.89. The molecule has 3 heteroatoms. The standard InChI is InChI=1S/C9H16O3/c10-9-8(11-6-12-9)7-4-2-1-3-5-7/h7-10H,1-6H2. The lowest BCUT2D eigenvalue weighted by Gasteiger charge is -2.27. The van der Waals surface area contributed by atoms with Gasteiger partial charge in [-0.25, -0.2) is 0 Å². The molecule has 0 aromatic carbocycles. The zero-order chi connectivity index (χ0) is 8.39. The van der Waals surface area contributed by atoms with Crippen molar-refractivity contribution in [1.82, 2.24) is 0 Å². The van der Waals surface area contributed by atoms with Crippen LogP contribution in [-0.4, -0.2) is 24.3 Å². The molecule has 2 unspecified atom stereocenters. The van der Waals surface area contributed by atoms with Crippen LogP contribution >= 0.6 is 0 Å². The molecular formula is C9H16O3. The maximum Gasteiger partial charge on any atom is 0.184 e. The van der Waals surface area contributed by atoms with Gasteiger partial charge in [-0.1, -0.05) is 19.3 Å². The van der Waals surface area contributed by atoms with E-state index in [0.29, 0.717) is 5.92 Å². The van der Waals surface area contributed by atoms with E-state index in [-0.39, 0.29) is 12.9 Å². The summed E-state index contributed by atoms with van der Waals surface area (Å²) in [7, 11) is 0. The maximum absolute atomic E-state index is 9.39. The normalized spacial score (nSPS) is 38.8. The highest BCUT2D eigenvalue weighted by atomic mass is 16.8. The zero-order valence-corrected chi connectivity index (χ0v) is 7.24. The van der Waals surface area contributed by atoms with Gasteiger partial charge in [-0.05, 0) is 18.8 Å². The molecular weight excluding hydrogens is 156 g/mol. The summed E-state index contributed by atoms with van der Waals surface area (Å²) in [5.41, 5.74) is 0. The van der Waals surface area contributed by atoms with Crippen molar-refractivity contribution in [3.63, 3.8) is 0 Å². The molecule has 0 bridgehead atoms. The fourth-order valence-corrected chi connectivity index (χ4v) is 2.20. The highest BCUT2D eigenvalue weighted by Gasteiger charge is 2.34. The monoisotopic (exact) mass is 172 g/mol. The minimum atomic E-state index is -0.673. The van der Waals surface area contributed by atoms with Crippen molar-refractivity contribution in [3.05, 3.63) is 0 Å². The van der Waals surface area contributed by atoms with Crippen LogP contribution in [0.15, 0.2) is 0 Å². The van der Waals surface area contributed by atoms with Gasteiger partial charge in [0.05, 0.1) is 0 Å². The molecule has 0 amide bonds. The largest absolute Gasteiger partial charge is 0.366 e. The van der Waals surface area contributed by atoms with Gasteiger partial charge in [0.15, 0.2) is 13.1 Å². The van der Waals surface area contributed by atoms with Crippen molar-refractivity contribution < 1.29 is 14.6 Å². The molecule has 0 radical (unpaired) electrons. The highest BCUT2D eigenvalue weighted by molar-refractivity contribution is 4.78. The van der Waals surface area contributed by atoms with Gasteiger partial charge in [-0.15, -0.1) is 0 Å². The van der Waals surface area contributed by atoms with Gasteiger partial charge in [0.2, 0.25) is 0 Å². The van der Waals surface area contributed by atoms with Gasteiger partial charge in [-0.3, -0.25) is 0 Å². The van der Waals surface area contributed by atoms with Gasteiger partial charge in [0, 0.05) is 0 Å². The molecule has 0 aromatic heterocycles. The summed E-state index contributed by atoms with van der Waals surface area (Å²) in [6, 6.07) is 0. The smallest absolute Gasteiger partial charge is 0.184 e. The fraction of sp³-hybridized carbons (Fsp3) is 1.00. The van der Waals surface area contributed by atoms with Crippen molar-refractivity contribution in [1.29, 1.82) is 0 Å². The van der Waals surface area contributed by atoms with Crippen molar-refractivity contribution in [2.45, 2.75) is 44.5 Å². The van der Waals surface area contributed by atoms with E-state index in [9.17, 15) is 5.11 Å². The molecule has 1 N–H and O–H groups in total. The average Bonchev–Trinajstić information content (AvgIpc) is 2.53. The Kier molecular flexibility index (Phi) is 2.63. The van der Waals surface area contributed by atoms with Crippen molar-refractivity contribution >= 4 is 0 Å². The van der Waals surface area contributed by atoms with E-state index in [2.05, 4.69) is 0 Å². The molecule has 1 aliphatic heterocycles. The van der Waals surface area contributed by atoms with E-state index < -0.39 is 6.29 Å². The lowest BCUT2D eigenvalue weighted by Crippen LogP contribution is -2.31. The van der Waals surface area contributed by atoms with Crippen LogP contribution < -0.4 is 0 Å². The number of aliphatic hydroxyl groups excluding tert-OH is 1. The van der Waals surface area contributed by atoms with Gasteiger partial charge < -0.3 is 14.6 Å². The van der Waals surface area contributed by atoms with Crippen LogP contribution in [0.2, 0.25) is 0 Å². The van der Waals surface area contributed by atoms with Gasteiger partial charge in [0.1, 0.15) is 6.10 Å². The summed E-state index contributed by atoms with van der Waals surface area (Å²) in [5.74, 6) is 0.524. The molecule has 1 heterocycles. The van der Waals surface area contributed by atoms with Crippen LogP contribution in [0, 0.1) is 5.92 Å². The second-order valence-electron chi connectivity index (χ2n) is 3.70. The Morgan fingerprint density at radius 1 is 1.00 bits per heavy atom. The SMILES string of the molecule is OC1OCOC1C1CCCCC1. The first-order valence-corrected chi connectivity index (χ1v) is 4.79. The Morgan fingerprint density at radius 3 is 2.33 bits per heavy atom. The molecule has 2 atom stereocenters. The molecule has 2 rings (SSSR count). The number of hydrogen-bond acceptors (Lipinski definition) is 3. The molecule has 0 spiro atoms. The molecule has 12 heavy (non-hydrogen) atoms. The second-order valence-corrected chi connectivity index (χ2v) is 3.70. The fourth-order valence-electron chi connectivity index (χ4n) is 2.20. The lowest BCUT2D eigenvalue weighted by molar-refractivity contribution is -0.0778. The molecule has 3 nitrogen and oxygen atoms in total. The lowest BCUT2D eigenvalue weighted by atomic mass is 9.85. The Hall–Kier alpha value is -0.120. The summed E-state index contributed by atoms with van der Waals surface area (Å²) in [6.45, 7) is 0.266. The highest BCUT2D eigenvalue weighted by Crippen LogP contribution is 2.31. The molecule has 1 saturated heterocycles. The van der Waals surface area contributed by atoms with E-state index in [4.69, 9.17) is 9.47 Å². The van der Waals surface area contributed by atoms with Crippen LogP contribution in [0.4, 0.5) is 0 Å². The minimum Gasteiger partial charge on any atom is -0.366 e. The Balaban J connectivity index is 1.89. The summed E-state index contributed by atoms with van der Waals surface area (Å²) in [5, 5.41) is 9.39. The first kappa shape index (κ1) is 8.48. The second kappa shape index (κ2) is 3.73. The summed E-state index contributed by atoms with van der Waals surface area (Å²) >= 11 is 0. The molecule has 1 aliphatic carbocycles. The van der Waals surface area contributed by atoms with Crippen LogP contribution in [0.25, 0.3) is 0 Å². The predicted molar refractivity (Wildman–Crippen MR) is 43.4 cm³/mol. The topological polar surface area (TPSA) is 38.7 Å². The number of hydrogen-bond donors (Lipinski definition) is 1. The number of aliphatic hydroxyl groups is 1. The van der Waals surface area contributed by atoms with Gasteiger partial charge in [-0.2, -0.15) is 0 Å². The third kappa shape index (κ3) is 1.63. The summed E-state index contributed by atoms with van der Waals surface area (Å²) < 4.78 is 10.3. The van der Waals surface area contributed by atoms with Gasteiger partial charge in [0.25, 0.3) is 0 Å². The predicted octanol–water partition coefficient (Wildman–Crippen LogP) is 1.26. The Bertz CT molecular complexity index is 143. The van der Waals surface area contributed by atoms with Crippen LogP contribution in [0.1, 0.15) is 32.1 Å². The summed E-state index contributed by atoms with van der Waals surface area (Å²) in [6.07, 6.45) is 5.53. The van der Waals surface area contributed by atoms with E-state index in [0.717, 1.165) is 0 Å². The first-order valence-electron chi connectivity index (χ1n) is 4.79. The van der Waals surface area contributed by atoms with E-state index in [1.54, 1.807) is 0 Å². The van der Waals surface area contributed by atoms with Crippen molar-refractivity contribution in [2.75, 3.05) is 6.79 Å². The van der Waals surface area contributed by atoms with Crippen LogP contribution in [0.5, 0.6) is 0 Å². The molecule has 0 aromatic rings. The molecule has 1 saturated carbocycles. The van der Waals surface area contributed by atoms with E-state index in [1.165, 1.54) is 32.1 Å². The first-order chi connectivity index (χ1) is 5.88. The third-order valence-electron chi connectivity index (χ3n) is 2.89. The maximum atomic E-state index is 9.39. The molecule has 70 valence electrons. The van der Waals surface area contributed by atoms with Crippen LogP contribution in [-0.2, 0) is 9.47 Å². The van der Waals surface area contributed by atoms with E-state index in [1.807, 2.05) is 0 Å². The zero-order valence-electron chi connectivity index (χ0n) is 7.24. The van der Waals surface area contributed by atoms with Crippen molar-refractivity contribution in [3.8, 4) is 0 Å². The average molecular weight is 172 g/mol. The van der Waals surface area contributed by atoms with Crippen LogP contribution in [0.3, 0.4) is 0 Å². The quantitative estimate of drug-likeness (QED) is 0.647. The summed E-state index contributed by atoms with van der Waals surface area (Å²) in [4.78, 5) is 0.